The maximum Gasteiger partial charge on any atom is 0.123 e. The van der Waals surface area contributed by atoms with Gasteiger partial charge in [0.05, 0.1) is 31.5 Å². The first-order valence-corrected chi connectivity index (χ1v) is 6.44. The summed E-state index contributed by atoms with van der Waals surface area (Å²) in [4.78, 5) is 2.15. The van der Waals surface area contributed by atoms with E-state index in [0.29, 0.717) is 12.2 Å². The fourth-order valence-corrected chi connectivity index (χ4v) is 1.79. The first kappa shape index (κ1) is 15.5. The molecule has 0 spiro atoms. The van der Waals surface area contributed by atoms with Crippen LogP contribution in [0.4, 0.5) is 0 Å². The summed E-state index contributed by atoms with van der Waals surface area (Å²) in [5.41, 5.74) is 1.68. The summed E-state index contributed by atoms with van der Waals surface area (Å²) in [6, 6.07) is 7.63. The molecule has 1 aromatic rings. The largest absolute Gasteiger partial charge is 0.496 e. The molecule has 0 amide bonds. The molecule has 0 aliphatic heterocycles. The van der Waals surface area contributed by atoms with Gasteiger partial charge in [-0.2, -0.15) is 5.26 Å². The zero-order chi connectivity index (χ0) is 14.3. The minimum atomic E-state index is 0.254. The summed E-state index contributed by atoms with van der Waals surface area (Å²) in [6.07, 6.45) is 0.254. The third-order valence-corrected chi connectivity index (χ3v) is 2.77. The molecular formula is C15H22N2O2. The zero-order valence-corrected chi connectivity index (χ0v) is 12.1. The zero-order valence-electron chi connectivity index (χ0n) is 12.1. The van der Waals surface area contributed by atoms with Gasteiger partial charge in [-0.15, -0.1) is 0 Å². The Morgan fingerprint density at radius 2 is 2.11 bits per heavy atom. The van der Waals surface area contributed by atoms with Gasteiger partial charge in [-0.3, -0.25) is 4.90 Å². The van der Waals surface area contributed by atoms with Crippen LogP contribution in [0, 0.1) is 11.3 Å². The molecule has 0 saturated carbocycles. The summed E-state index contributed by atoms with van der Waals surface area (Å²) in [6.45, 7) is 6.34. The maximum atomic E-state index is 8.94. The molecule has 4 nitrogen and oxygen atoms in total. The van der Waals surface area contributed by atoms with Gasteiger partial charge in [-0.25, -0.2) is 0 Å². The average Bonchev–Trinajstić information content (AvgIpc) is 2.38. The predicted molar refractivity (Wildman–Crippen MR) is 75.1 cm³/mol. The summed E-state index contributed by atoms with van der Waals surface area (Å²) in [7, 11) is 3.68. The first-order chi connectivity index (χ1) is 9.06. The van der Waals surface area contributed by atoms with Crippen molar-refractivity contribution in [3.63, 3.8) is 0 Å². The van der Waals surface area contributed by atoms with E-state index in [1.165, 1.54) is 0 Å². The molecule has 1 rings (SSSR count). The molecule has 0 heterocycles. The highest BCUT2D eigenvalue weighted by Gasteiger charge is 2.08. The summed E-state index contributed by atoms with van der Waals surface area (Å²) in [5, 5.41) is 8.94. The Labute approximate surface area is 115 Å². The number of nitrogens with zero attached hydrogens (tertiary/aromatic N) is 2. The molecule has 0 radical (unpaired) electrons. The Morgan fingerprint density at radius 3 is 2.68 bits per heavy atom. The second-order valence-corrected chi connectivity index (χ2v) is 4.80. The average molecular weight is 262 g/mol. The number of hydrogen-bond acceptors (Lipinski definition) is 4. The SMILES string of the molecule is COc1ccc(C#N)cc1CN(C)CCOC(C)C. The molecule has 1 aromatic carbocycles. The Hall–Kier alpha value is -1.57. The Morgan fingerprint density at radius 1 is 1.37 bits per heavy atom. The number of methoxy groups -OCH3 is 1. The van der Waals surface area contributed by atoms with Crippen molar-refractivity contribution in [3.05, 3.63) is 29.3 Å². The van der Waals surface area contributed by atoms with Crippen molar-refractivity contribution in [1.82, 2.24) is 4.90 Å². The van der Waals surface area contributed by atoms with Crippen LogP contribution in [0.1, 0.15) is 25.0 Å². The molecule has 0 N–H and O–H groups in total. The third kappa shape index (κ3) is 5.29. The van der Waals surface area contributed by atoms with Gasteiger partial charge >= 0.3 is 0 Å². The lowest BCUT2D eigenvalue weighted by Crippen LogP contribution is -2.24. The van der Waals surface area contributed by atoms with E-state index < -0.39 is 0 Å². The van der Waals surface area contributed by atoms with E-state index in [1.807, 2.05) is 33.0 Å². The normalized spacial score (nSPS) is 10.8. The molecule has 4 heteroatoms. The van der Waals surface area contributed by atoms with Gasteiger partial charge in [0.15, 0.2) is 0 Å². The number of benzene rings is 1. The molecule has 0 atom stereocenters. The summed E-state index contributed by atoms with van der Waals surface area (Å²) in [5.74, 6) is 0.815. The number of nitriles is 1. The van der Waals surface area contributed by atoms with Gasteiger partial charge in [0.25, 0.3) is 0 Å². The minimum absolute atomic E-state index is 0.254. The second kappa shape index (κ2) is 7.78. The molecule has 0 saturated heterocycles. The molecule has 0 unspecified atom stereocenters. The first-order valence-electron chi connectivity index (χ1n) is 6.44. The smallest absolute Gasteiger partial charge is 0.123 e. The number of likely N-dealkylation sites (N-methyl/N-ethyl adjacent to an activating group) is 1. The van der Waals surface area contributed by atoms with Gasteiger partial charge in [0.1, 0.15) is 5.75 Å². The van der Waals surface area contributed by atoms with Gasteiger partial charge in [0, 0.05) is 18.7 Å². The molecule has 19 heavy (non-hydrogen) atoms. The van der Waals surface area contributed by atoms with E-state index in [-0.39, 0.29) is 6.10 Å². The van der Waals surface area contributed by atoms with Crippen LogP contribution in [0.25, 0.3) is 0 Å². The molecule has 0 aliphatic rings. The molecule has 0 fully saturated rings. The van der Waals surface area contributed by atoms with Crippen LogP contribution >= 0.6 is 0 Å². The topological polar surface area (TPSA) is 45.5 Å². The minimum Gasteiger partial charge on any atom is -0.496 e. The summed E-state index contributed by atoms with van der Waals surface area (Å²) < 4.78 is 10.8. The highest BCUT2D eigenvalue weighted by atomic mass is 16.5. The van der Waals surface area contributed by atoms with Crippen molar-refractivity contribution >= 4 is 0 Å². The van der Waals surface area contributed by atoms with Crippen LogP contribution in [0.15, 0.2) is 18.2 Å². The van der Waals surface area contributed by atoms with E-state index in [4.69, 9.17) is 14.7 Å². The lowest BCUT2D eigenvalue weighted by atomic mass is 10.1. The van der Waals surface area contributed by atoms with Crippen molar-refractivity contribution < 1.29 is 9.47 Å². The Balaban J connectivity index is 2.62. The van der Waals surface area contributed by atoms with Gasteiger partial charge in [-0.05, 0) is 39.1 Å². The number of hydrogen-bond donors (Lipinski definition) is 0. The van der Waals surface area contributed by atoms with Crippen LogP contribution in [0.2, 0.25) is 0 Å². The number of rotatable bonds is 7. The monoisotopic (exact) mass is 262 g/mol. The van der Waals surface area contributed by atoms with E-state index >= 15 is 0 Å². The van der Waals surface area contributed by atoms with Crippen LogP contribution < -0.4 is 4.74 Å². The molecule has 0 aromatic heterocycles. The third-order valence-electron chi connectivity index (χ3n) is 2.77. The van der Waals surface area contributed by atoms with Crippen molar-refractivity contribution in [2.45, 2.75) is 26.5 Å². The van der Waals surface area contributed by atoms with Crippen molar-refractivity contribution in [3.8, 4) is 11.8 Å². The standard InChI is InChI=1S/C15H22N2O2/c1-12(2)19-8-7-17(3)11-14-9-13(10-16)5-6-15(14)18-4/h5-6,9,12H,7-8,11H2,1-4H3. The van der Waals surface area contributed by atoms with Gasteiger partial charge in [0.2, 0.25) is 0 Å². The van der Waals surface area contributed by atoms with Crippen molar-refractivity contribution in [2.24, 2.45) is 0 Å². The molecule has 0 bridgehead atoms. The second-order valence-electron chi connectivity index (χ2n) is 4.80. The fourth-order valence-electron chi connectivity index (χ4n) is 1.79. The van der Waals surface area contributed by atoms with Gasteiger partial charge in [-0.1, -0.05) is 0 Å². The van der Waals surface area contributed by atoms with E-state index in [9.17, 15) is 0 Å². The van der Waals surface area contributed by atoms with E-state index in [2.05, 4.69) is 11.0 Å². The quantitative estimate of drug-likeness (QED) is 0.757. The Kier molecular flexibility index (Phi) is 6.34. The fraction of sp³-hybridized carbons (Fsp3) is 0.533. The van der Waals surface area contributed by atoms with Crippen LogP contribution in [0.5, 0.6) is 5.75 Å². The lowest BCUT2D eigenvalue weighted by molar-refractivity contribution is 0.0626. The Bertz CT molecular complexity index is 438. The predicted octanol–water partition coefficient (Wildman–Crippen LogP) is 2.42. The van der Waals surface area contributed by atoms with E-state index in [1.54, 1.807) is 13.2 Å². The summed E-state index contributed by atoms with van der Waals surface area (Å²) >= 11 is 0. The van der Waals surface area contributed by atoms with Crippen LogP contribution in [-0.4, -0.2) is 38.3 Å². The van der Waals surface area contributed by atoms with Crippen LogP contribution in [0.3, 0.4) is 0 Å². The highest BCUT2D eigenvalue weighted by Crippen LogP contribution is 2.20. The van der Waals surface area contributed by atoms with Crippen LogP contribution in [-0.2, 0) is 11.3 Å². The number of ether oxygens (including phenoxy) is 2. The molecular weight excluding hydrogens is 240 g/mol. The molecule has 104 valence electrons. The van der Waals surface area contributed by atoms with Crippen molar-refractivity contribution in [2.75, 3.05) is 27.3 Å². The lowest BCUT2D eigenvalue weighted by Gasteiger charge is -2.19. The van der Waals surface area contributed by atoms with Crippen molar-refractivity contribution in [1.29, 1.82) is 5.26 Å². The molecule has 0 aliphatic carbocycles. The highest BCUT2D eigenvalue weighted by molar-refractivity contribution is 5.41. The van der Waals surface area contributed by atoms with Gasteiger partial charge < -0.3 is 9.47 Å². The van der Waals surface area contributed by atoms with E-state index in [0.717, 1.165) is 24.4 Å². The maximum absolute atomic E-state index is 8.94.